The fourth-order valence-electron chi connectivity index (χ4n) is 1.82. The van der Waals surface area contributed by atoms with Gasteiger partial charge in [0.15, 0.2) is 0 Å². The largest absolute Gasteiger partial charge is 0.370 e. The van der Waals surface area contributed by atoms with E-state index in [0.29, 0.717) is 12.1 Å². The van der Waals surface area contributed by atoms with Gasteiger partial charge in [-0.15, -0.1) is 0 Å². The molecular formula is C14H20BrN3. The topological polar surface area (TPSA) is 53.0 Å². The van der Waals surface area contributed by atoms with Crippen molar-refractivity contribution in [3.8, 4) is 6.07 Å². The molecule has 0 unspecified atom stereocenters. The van der Waals surface area contributed by atoms with E-state index in [-0.39, 0.29) is 5.41 Å². The molecule has 0 heterocycles. The van der Waals surface area contributed by atoms with Crippen LogP contribution in [0.3, 0.4) is 0 Å². The lowest BCUT2D eigenvalue weighted by molar-refractivity contribution is 0.379. The zero-order chi connectivity index (χ0) is 13.8. The number of hydrogen-bond acceptors (Lipinski definition) is 3. The van der Waals surface area contributed by atoms with Gasteiger partial charge in [0.25, 0.3) is 0 Å². The monoisotopic (exact) mass is 309 g/mol. The van der Waals surface area contributed by atoms with Gasteiger partial charge in [0.2, 0.25) is 0 Å². The highest BCUT2D eigenvalue weighted by molar-refractivity contribution is 9.10. The summed E-state index contributed by atoms with van der Waals surface area (Å²) in [6.07, 6.45) is 0. The van der Waals surface area contributed by atoms with E-state index < -0.39 is 0 Å². The summed E-state index contributed by atoms with van der Waals surface area (Å²) in [4.78, 5) is 2.21. The maximum Gasteiger partial charge on any atom is 0.101 e. The van der Waals surface area contributed by atoms with E-state index in [1.165, 1.54) is 0 Å². The number of rotatable bonds is 5. The minimum atomic E-state index is 0.0375. The molecule has 0 bridgehead atoms. The van der Waals surface area contributed by atoms with Crippen LogP contribution in [0.2, 0.25) is 0 Å². The first kappa shape index (κ1) is 15.0. The van der Waals surface area contributed by atoms with Crippen LogP contribution in [0.25, 0.3) is 0 Å². The van der Waals surface area contributed by atoms with Gasteiger partial charge in [-0.05, 0) is 37.1 Å². The van der Waals surface area contributed by atoms with Gasteiger partial charge in [-0.3, -0.25) is 0 Å². The van der Waals surface area contributed by atoms with Crippen LogP contribution < -0.4 is 10.6 Å². The number of nitrogens with two attached hydrogens (primary N) is 1. The Morgan fingerprint density at radius 3 is 2.61 bits per heavy atom. The first-order chi connectivity index (χ1) is 8.43. The third kappa shape index (κ3) is 3.72. The molecule has 0 aromatic heterocycles. The van der Waals surface area contributed by atoms with Crippen LogP contribution in [0.15, 0.2) is 22.7 Å². The molecule has 1 rings (SSSR count). The van der Waals surface area contributed by atoms with Gasteiger partial charge in [-0.25, -0.2) is 0 Å². The summed E-state index contributed by atoms with van der Waals surface area (Å²) < 4.78 is 0.928. The third-order valence-corrected chi connectivity index (χ3v) is 3.47. The number of benzene rings is 1. The summed E-state index contributed by atoms with van der Waals surface area (Å²) in [7, 11) is 0. The van der Waals surface area contributed by atoms with Crippen molar-refractivity contribution in [2.75, 3.05) is 24.5 Å². The Morgan fingerprint density at radius 1 is 1.44 bits per heavy atom. The number of anilines is 1. The van der Waals surface area contributed by atoms with Gasteiger partial charge in [0.1, 0.15) is 6.07 Å². The predicted molar refractivity (Wildman–Crippen MR) is 79.6 cm³/mol. The van der Waals surface area contributed by atoms with Crippen LogP contribution in [0.5, 0.6) is 0 Å². The van der Waals surface area contributed by atoms with Crippen LogP contribution in [0.1, 0.15) is 26.3 Å². The quantitative estimate of drug-likeness (QED) is 0.909. The van der Waals surface area contributed by atoms with Gasteiger partial charge in [-0.2, -0.15) is 5.26 Å². The maximum absolute atomic E-state index is 9.22. The minimum absolute atomic E-state index is 0.0375. The Labute approximate surface area is 118 Å². The Morgan fingerprint density at radius 2 is 2.11 bits per heavy atom. The van der Waals surface area contributed by atoms with E-state index in [2.05, 4.69) is 47.7 Å². The van der Waals surface area contributed by atoms with Crippen molar-refractivity contribution in [2.24, 2.45) is 11.1 Å². The maximum atomic E-state index is 9.22. The SMILES string of the molecule is CCN(CC(C)(C)CN)c1ccc(Br)cc1C#N. The average molecular weight is 310 g/mol. The second kappa shape index (κ2) is 6.21. The molecule has 0 amide bonds. The molecule has 0 saturated heterocycles. The van der Waals surface area contributed by atoms with Crippen molar-refractivity contribution in [2.45, 2.75) is 20.8 Å². The molecule has 0 saturated carbocycles. The molecule has 0 fully saturated rings. The van der Waals surface area contributed by atoms with Crippen molar-refractivity contribution in [3.63, 3.8) is 0 Å². The van der Waals surface area contributed by atoms with E-state index in [4.69, 9.17) is 5.73 Å². The number of nitrogens with zero attached hydrogens (tertiary/aromatic N) is 2. The molecule has 0 radical (unpaired) electrons. The zero-order valence-electron chi connectivity index (χ0n) is 11.2. The normalized spacial score (nSPS) is 11.1. The standard InChI is InChI=1S/C14H20BrN3/c1-4-18(10-14(2,3)9-17)13-6-5-12(15)7-11(13)8-16/h5-7H,4,9-10,17H2,1-3H3. The highest BCUT2D eigenvalue weighted by Gasteiger charge is 2.21. The van der Waals surface area contributed by atoms with E-state index in [9.17, 15) is 5.26 Å². The molecule has 4 heteroatoms. The van der Waals surface area contributed by atoms with Crippen molar-refractivity contribution in [1.29, 1.82) is 5.26 Å². The minimum Gasteiger partial charge on any atom is -0.370 e. The highest BCUT2D eigenvalue weighted by Crippen LogP contribution is 2.26. The van der Waals surface area contributed by atoms with Crippen LogP contribution in [0, 0.1) is 16.7 Å². The molecular weight excluding hydrogens is 290 g/mol. The number of halogens is 1. The Balaban J connectivity index is 3.06. The summed E-state index contributed by atoms with van der Waals surface area (Å²) in [5, 5.41) is 9.22. The molecule has 0 aliphatic heterocycles. The number of hydrogen-bond donors (Lipinski definition) is 1. The van der Waals surface area contributed by atoms with Crippen LogP contribution >= 0.6 is 15.9 Å². The molecule has 0 aliphatic carbocycles. The lowest BCUT2D eigenvalue weighted by Gasteiger charge is -2.33. The molecule has 1 aromatic carbocycles. The molecule has 18 heavy (non-hydrogen) atoms. The van der Waals surface area contributed by atoms with Crippen LogP contribution in [-0.2, 0) is 0 Å². The fraction of sp³-hybridized carbons (Fsp3) is 0.500. The van der Waals surface area contributed by atoms with Crippen LogP contribution in [0.4, 0.5) is 5.69 Å². The summed E-state index contributed by atoms with van der Waals surface area (Å²) in [5.41, 5.74) is 7.49. The van der Waals surface area contributed by atoms with Gasteiger partial charge >= 0.3 is 0 Å². The van der Waals surface area contributed by atoms with Gasteiger partial charge in [0, 0.05) is 17.6 Å². The Hall–Kier alpha value is -1.05. The lowest BCUT2D eigenvalue weighted by Crippen LogP contribution is -2.39. The molecule has 3 nitrogen and oxygen atoms in total. The summed E-state index contributed by atoms with van der Waals surface area (Å²) >= 11 is 3.39. The van der Waals surface area contributed by atoms with Crippen molar-refractivity contribution in [1.82, 2.24) is 0 Å². The molecule has 2 N–H and O–H groups in total. The second-order valence-corrected chi connectivity index (χ2v) is 6.07. The molecule has 98 valence electrons. The van der Waals surface area contributed by atoms with Gasteiger partial charge < -0.3 is 10.6 Å². The van der Waals surface area contributed by atoms with E-state index in [1.807, 2.05) is 18.2 Å². The molecule has 0 atom stereocenters. The summed E-state index contributed by atoms with van der Waals surface area (Å²) in [5.74, 6) is 0. The van der Waals surface area contributed by atoms with Gasteiger partial charge in [0.05, 0.1) is 11.3 Å². The number of nitriles is 1. The second-order valence-electron chi connectivity index (χ2n) is 5.16. The summed E-state index contributed by atoms with van der Waals surface area (Å²) in [6.45, 7) is 8.70. The zero-order valence-corrected chi connectivity index (χ0v) is 12.8. The van der Waals surface area contributed by atoms with Crippen molar-refractivity contribution < 1.29 is 0 Å². The molecule has 0 aliphatic rings. The third-order valence-electron chi connectivity index (χ3n) is 2.97. The van der Waals surface area contributed by atoms with E-state index in [1.54, 1.807) is 0 Å². The predicted octanol–water partition coefficient (Wildman–Crippen LogP) is 3.13. The first-order valence-corrected chi connectivity index (χ1v) is 6.87. The molecule has 0 spiro atoms. The van der Waals surface area contributed by atoms with Crippen molar-refractivity contribution >= 4 is 21.6 Å². The van der Waals surface area contributed by atoms with E-state index >= 15 is 0 Å². The first-order valence-electron chi connectivity index (χ1n) is 6.08. The Bertz CT molecular complexity index is 449. The smallest absolute Gasteiger partial charge is 0.101 e. The van der Waals surface area contributed by atoms with Crippen LogP contribution in [-0.4, -0.2) is 19.6 Å². The Kier molecular flexibility index (Phi) is 5.18. The van der Waals surface area contributed by atoms with E-state index in [0.717, 1.165) is 23.2 Å². The lowest BCUT2D eigenvalue weighted by atomic mass is 9.92. The van der Waals surface area contributed by atoms with Gasteiger partial charge in [-0.1, -0.05) is 29.8 Å². The molecule has 1 aromatic rings. The van der Waals surface area contributed by atoms with Crippen molar-refractivity contribution in [3.05, 3.63) is 28.2 Å². The fourth-order valence-corrected chi connectivity index (χ4v) is 2.18. The average Bonchev–Trinajstić information content (AvgIpc) is 2.36. The summed E-state index contributed by atoms with van der Waals surface area (Å²) in [6, 6.07) is 8.06. The highest BCUT2D eigenvalue weighted by atomic mass is 79.9.